The highest BCUT2D eigenvalue weighted by Crippen LogP contribution is 2.39. The minimum atomic E-state index is -3.78. The molecule has 11 heteroatoms. The fourth-order valence-corrected chi connectivity index (χ4v) is 6.67. The summed E-state index contributed by atoms with van der Waals surface area (Å²) in [7, 11) is -3.78. The summed E-state index contributed by atoms with van der Waals surface area (Å²) < 4.78 is 28.1. The van der Waals surface area contributed by atoms with Gasteiger partial charge in [-0.3, -0.25) is 4.79 Å². The molecular formula is C20H18Cl2N4O3S2. The van der Waals surface area contributed by atoms with E-state index in [-0.39, 0.29) is 9.90 Å². The van der Waals surface area contributed by atoms with Crippen LogP contribution in [0.2, 0.25) is 10.0 Å². The third-order valence-corrected chi connectivity index (χ3v) is 8.77. The van der Waals surface area contributed by atoms with E-state index in [1.807, 2.05) is 0 Å². The van der Waals surface area contributed by atoms with E-state index >= 15 is 0 Å². The fraction of sp³-hybridized carbons (Fsp3) is 0.250. The Labute approximate surface area is 194 Å². The number of carbonyl (C=O) groups is 1. The van der Waals surface area contributed by atoms with Gasteiger partial charge in [-0.2, -0.15) is 4.31 Å². The molecule has 1 unspecified atom stereocenters. The van der Waals surface area contributed by atoms with Crippen LogP contribution in [-0.2, 0) is 10.0 Å². The summed E-state index contributed by atoms with van der Waals surface area (Å²) in [6.45, 7) is 2.05. The van der Waals surface area contributed by atoms with Gasteiger partial charge in [0.15, 0.2) is 0 Å². The smallest absolute Gasteiger partial charge is 0.286 e. The molecule has 1 fully saturated rings. The first-order chi connectivity index (χ1) is 14.8. The van der Waals surface area contributed by atoms with Crippen LogP contribution in [0, 0.1) is 6.92 Å². The standard InChI is InChI=1S/C20H18Cl2N4O3S2/c1-12-15(22)4-2-6-17(12)31(28,29)26-11-3-5-16(26)19-24-25-20(30-19)18(27)23-14-9-7-13(21)8-10-14/h2,4,6-10,16H,3,5,11H2,1H3,(H,23,27). The van der Waals surface area contributed by atoms with Crippen LogP contribution >= 0.6 is 34.5 Å². The van der Waals surface area contributed by atoms with Gasteiger partial charge in [-0.05, 0) is 61.7 Å². The van der Waals surface area contributed by atoms with Crippen LogP contribution in [0.15, 0.2) is 47.4 Å². The van der Waals surface area contributed by atoms with Crippen LogP contribution in [-0.4, -0.2) is 35.4 Å². The van der Waals surface area contributed by atoms with E-state index in [0.717, 1.165) is 11.3 Å². The number of nitrogens with one attached hydrogen (secondary N) is 1. The van der Waals surface area contributed by atoms with E-state index in [4.69, 9.17) is 23.2 Å². The monoisotopic (exact) mass is 496 g/mol. The molecule has 7 nitrogen and oxygen atoms in total. The van der Waals surface area contributed by atoms with Gasteiger partial charge in [-0.1, -0.05) is 40.6 Å². The van der Waals surface area contributed by atoms with Gasteiger partial charge < -0.3 is 5.32 Å². The Bertz CT molecular complexity index is 1230. The second-order valence-electron chi connectivity index (χ2n) is 7.04. The van der Waals surface area contributed by atoms with E-state index in [0.29, 0.717) is 45.7 Å². The number of halogens is 2. The molecule has 0 radical (unpaired) electrons. The number of carbonyl (C=O) groups excluding carboxylic acids is 1. The SMILES string of the molecule is Cc1c(Cl)cccc1S(=O)(=O)N1CCCC1c1nnc(C(=O)Nc2ccc(Cl)cc2)s1. The highest BCUT2D eigenvalue weighted by Gasteiger charge is 2.39. The highest BCUT2D eigenvalue weighted by molar-refractivity contribution is 7.89. The quantitative estimate of drug-likeness (QED) is 0.540. The maximum Gasteiger partial charge on any atom is 0.286 e. The lowest BCUT2D eigenvalue weighted by molar-refractivity contribution is 0.102. The normalized spacial score (nSPS) is 17.1. The van der Waals surface area contributed by atoms with Crippen LogP contribution in [0.5, 0.6) is 0 Å². The number of rotatable bonds is 5. The molecule has 0 bridgehead atoms. The summed E-state index contributed by atoms with van der Waals surface area (Å²) in [6, 6.07) is 11.1. The Morgan fingerprint density at radius 3 is 2.65 bits per heavy atom. The van der Waals surface area contributed by atoms with Crippen molar-refractivity contribution in [1.29, 1.82) is 0 Å². The van der Waals surface area contributed by atoms with Gasteiger partial charge in [-0.25, -0.2) is 8.42 Å². The molecule has 1 N–H and O–H groups in total. The van der Waals surface area contributed by atoms with Crippen molar-refractivity contribution < 1.29 is 13.2 Å². The number of amides is 1. The summed E-state index contributed by atoms with van der Waals surface area (Å²) in [6.07, 6.45) is 1.29. The maximum atomic E-state index is 13.3. The van der Waals surface area contributed by atoms with E-state index in [9.17, 15) is 13.2 Å². The Balaban J connectivity index is 1.57. The topological polar surface area (TPSA) is 92.3 Å². The molecule has 1 aromatic heterocycles. The van der Waals surface area contributed by atoms with Gasteiger partial charge in [0.1, 0.15) is 5.01 Å². The largest absolute Gasteiger partial charge is 0.320 e. The number of nitrogens with zero attached hydrogens (tertiary/aromatic N) is 3. The molecule has 1 amide bonds. The van der Waals surface area contributed by atoms with Gasteiger partial charge >= 0.3 is 0 Å². The molecule has 0 spiro atoms. The first-order valence-corrected chi connectivity index (χ1v) is 12.5. The lowest BCUT2D eigenvalue weighted by atomic mass is 10.2. The minimum absolute atomic E-state index is 0.160. The number of anilines is 1. The highest BCUT2D eigenvalue weighted by atomic mass is 35.5. The first-order valence-electron chi connectivity index (χ1n) is 9.44. The van der Waals surface area contributed by atoms with Crippen molar-refractivity contribution in [2.45, 2.75) is 30.7 Å². The third-order valence-electron chi connectivity index (χ3n) is 5.03. The molecule has 2 heterocycles. The number of hydrogen-bond acceptors (Lipinski definition) is 6. The molecule has 1 aliphatic rings. The number of benzene rings is 2. The number of aromatic nitrogens is 2. The van der Waals surface area contributed by atoms with Gasteiger partial charge in [-0.15, -0.1) is 10.2 Å². The van der Waals surface area contributed by atoms with E-state index in [2.05, 4.69) is 15.5 Å². The summed E-state index contributed by atoms with van der Waals surface area (Å²) in [5.41, 5.74) is 1.09. The molecular weight excluding hydrogens is 479 g/mol. The molecule has 1 saturated heterocycles. The summed E-state index contributed by atoms with van der Waals surface area (Å²) in [5.74, 6) is -0.413. The zero-order valence-corrected chi connectivity index (χ0v) is 19.5. The summed E-state index contributed by atoms with van der Waals surface area (Å²) in [4.78, 5) is 12.7. The predicted molar refractivity (Wildman–Crippen MR) is 121 cm³/mol. The summed E-state index contributed by atoms with van der Waals surface area (Å²) in [5, 5.41) is 12.5. The van der Waals surface area contributed by atoms with Crippen LogP contribution in [0.25, 0.3) is 0 Å². The fourth-order valence-electron chi connectivity index (χ4n) is 3.45. The molecule has 3 aromatic rings. The van der Waals surface area contributed by atoms with Crippen molar-refractivity contribution >= 4 is 56.2 Å². The maximum absolute atomic E-state index is 13.3. The zero-order valence-electron chi connectivity index (χ0n) is 16.4. The minimum Gasteiger partial charge on any atom is -0.320 e. The lowest BCUT2D eigenvalue weighted by Gasteiger charge is -2.23. The van der Waals surface area contributed by atoms with Gasteiger partial charge in [0.05, 0.1) is 10.9 Å². The third kappa shape index (κ3) is 4.47. The molecule has 162 valence electrons. The van der Waals surface area contributed by atoms with Crippen LogP contribution in [0.4, 0.5) is 5.69 Å². The Kier molecular flexibility index (Phi) is 6.32. The molecule has 1 atom stereocenters. The molecule has 2 aromatic carbocycles. The average Bonchev–Trinajstić information content (AvgIpc) is 3.41. The van der Waals surface area contributed by atoms with E-state index < -0.39 is 22.0 Å². The molecule has 4 rings (SSSR count). The van der Waals surface area contributed by atoms with Gasteiger partial charge in [0.25, 0.3) is 5.91 Å². The van der Waals surface area contributed by atoms with Crippen LogP contribution in [0.1, 0.15) is 39.3 Å². The first kappa shape index (κ1) is 22.2. The van der Waals surface area contributed by atoms with Crippen molar-refractivity contribution in [1.82, 2.24) is 14.5 Å². The Hall–Kier alpha value is -2.04. The second kappa shape index (κ2) is 8.84. The van der Waals surface area contributed by atoms with Crippen molar-refractivity contribution in [3.05, 3.63) is 68.1 Å². The van der Waals surface area contributed by atoms with Gasteiger partial charge in [0, 0.05) is 22.3 Å². The van der Waals surface area contributed by atoms with Gasteiger partial charge in [0.2, 0.25) is 15.0 Å². The zero-order chi connectivity index (χ0) is 22.2. The molecule has 0 saturated carbocycles. The average molecular weight is 497 g/mol. The van der Waals surface area contributed by atoms with Crippen LogP contribution < -0.4 is 5.32 Å². The van der Waals surface area contributed by atoms with E-state index in [1.165, 1.54) is 4.31 Å². The predicted octanol–water partition coefficient (Wildman–Crippen LogP) is 4.93. The summed E-state index contributed by atoms with van der Waals surface area (Å²) >= 11 is 13.1. The van der Waals surface area contributed by atoms with Crippen molar-refractivity contribution in [2.75, 3.05) is 11.9 Å². The van der Waals surface area contributed by atoms with Crippen LogP contribution in [0.3, 0.4) is 0 Å². The number of hydrogen-bond donors (Lipinski definition) is 1. The van der Waals surface area contributed by atoms with Crippen molar-refractivity contribution in [3.8, 4) is 0 Å². The lowest BCUT2D eigenvalue weighted by Crippen LogP contribution is -2.31. The molecule has 1 aliphatic heterocycles. The second-order valence-corrected chi connectivity index (χ2v) is 10.8. The number of sulfonamides is 1. The Morgan fingerprint density at radius 2 is 1.90 bits per heavy atom. The Morgan fingerprint density at radius 1 is 1.16 bits per heavy atom. The molecule has 31 heavy (non-hydrogen) atoms. The van der Waals surface area contributed by atoms with Crippen molar-refractivity contribution in [2.24, 2.45) is 0 Å². The van der Waals surface area contributed by atoms with E-state index in [1.54, 1.807) is 49.4 Å². The molecule has 0 aliphatic carbocycles. The van der Waals surface area contributed by atoms with Crippen molar-refractivity contribution in [3.63, 3.8) is 0 Å².